The number of nitrogens with one attached hydrogen (secondary N) is 1. The first kappa shape index (κ1) is 14.6. The normalized spacial score (nSPS) is 15.0. The Kier molecular flexibility index (Phi) is 4.13. The van der Waals surface area contributed by atoms with Crippen molar-refractivity contribution in [1.82, 2.24) is 9.97 Å². The van der Waals surface area contributed by atoms with Gasteiger partial charge in [0.2, 0.25) is 0 Å². The number of hydrogen-bond acceptors (Lipinski definition) is 4. The van der Waals surface area contributed by atoms with Gasteiger partial charge in [-0.05, 0) is 31.4 Å². The van der Waals surface area contributed by atoms with Gasteiger partial charge in [-0.2, -0.15) is 0 Å². The van der Waals surface area contributed by atoms with Gasteiger partial charge in [0.15, 0.2) is 17.5 Å². The van der Waals surface area contributed by atoms with Gasteiger partial charge < -0.3 is 10.2 Å². The minimum absolute atomic E-state index is 0.165. The molecular weight excluding hydrogens is 293 g/mol. The highest BCUT2D eigenvalue weighted by molar-refractivity contribution is 5.60. The molecule has 0 atom stereocenters. The third kappa shape index (κ3) is 2.98. The highest BCUT2D eigenvalue weighted by Gasteiger charge is 2.15. The Bertz CT molecular complexity index is 672. The average Bonchev–Trinajstić information content (AvgIpc) is 2.57. The van der Waals surface area contributed by atoms with Crippen LogP contribution < -0.4 is 10.2 Å². The van der Waals surface area contributed by atoms with Gasteiger partial charge in [0.25, 0.3) is 0 Å². The van der Waals surface area contributed by atoms with Crippen LogP contribution in [0.5, 0.6) is 0 Å². The minimum atomic E-state index is -1.50. The quantitative estimate of drug-likeness (QED) is 0.879. The third-order valence-corrected chi connectivity index (χ3v) is 3.63. The Hall–Kier alpha value is -2.31. The van der Waals surface area contributed by atoms with Gasteiger partial charge in [-0.15, -0.1) is 0 Å². The smallest absolute Gasteiger partial charge is 0.196 e. The van der Waals surface area contributed by atoms with Gasteiger partial charge >= 0.3 is 0 Å². The van der Waals surface area contributed by atoms with Gasteiger partial charge in [0.05, 0.1) is 5.69 Å². The van der Waals surface area contributed by atoms with E-state index >= 15 is 0 Å². The zero-order valence-corrected chi connectivity index (χ0v) is 11.8. The maximum atomic E-state index is 13.7. The molecule has 0 aliphatic carbocycles. The standard InChI is InChI=1S/C15H15F3N4/c16-10-4-5-11(15(18)14(10)17)21-12-8-13(20-9-19-12)22-6-2-1-3-7-22/h4-5,8-9H,1-3,6-7H2,(H,19,20,21). The average molecular weight is 308 g/mol. The lowest BCUT2D eigenvalue weighted by Crippen LogP contribution is -2.30. The van der Waals surface area contributed by atoms with Crippen molar-refractivity contribution in [3.05, 3.63) is 42.0 Å². The van der Waals surface area contributed by atoms with E-state index in [0.29, 0.717) is 5.82 Å². The second-order valence-electron chi connectivity index (χ2n) is 5.16. The van der Waals surface area contributed by atoms with E-state index in [-0.39, 0.29) is 5.69 Å². The fourth-order valence-electron chi connectivity index (χ4n) is 2.47. The largest absolute Gasteiger partial charge is 0.356 e. The van der Waals surface area contributed by atoms with Crippen LogP contribution in [-0.4, -0.2) is 23.1 Å². The summed E-state index contributed by atoms with van der Waals surface area (Å²) in [6.07, 6.45) is 4.77. The molecule has 22 heavy (non-hydrogen) atoms. The molecule has 0 bridgehead atoms. The van der Waals surface area contributed by atoms with Crippen molar-refractivity contribution in [2.45, 2.75) is 19.3 Å². The van der Waals surface area contributed by atoms with E-state index in [0.717, 1.165) is 43.9 Å². The van der Waals surface area contributed by atoms with Crippen LogP contribution in [0.4, 0.5) is 30.5 Å². The van der Waals surface area contributed by atoms with Crippen LogP contribution >= 0.6 is 0 Å². The first-order valence-corrected chi connectivity index (χ1v) is 7.12. The van der Waals surface area contributed by atoms with Crippen molar-refractivity contribution in [2.75, 3.05) is 23.3 Å². The number of hydrogen-bond donors (Lipinski definition) is 1. The monoisotopic (exact) mass is 308 g/mol. The summed E-state index contributed by atoms with van der Waals surface area (Å²) in [6, 6.07) is 3.68. The molecule has 1 aliphatic heterocycles. The van der Waals surface area contributed by atoms with Crippen molar-refractivity contribution in [2.24, 2.45) is 0 Å². The molecule has 116 valence electrons. The molecule has 0 amide bonds. The fraction of sp³-hybridized carbons (Fsp3) is 0.333. The van der Waals surface area contributed by atoms with Crippen molar-refractivity contribution >= 4 is 17.3 Å². The molecule has 1 saturated heterocycles. The van der Waals surface area contributed by atoms with E-state index in [1.165, 1.54) is 12.7 Å². The van der Waals surface area contributed by atoms with Gasteiger partial charge in [0, 0.05) is 19.2 Å². The van der Waals surface area contributed by atoms with Crippen molar-refractivity contribution in [3.63, 3.8) is 0 Å². The van der Waals surface area contributed by atoms with E-state index in [1.807, 2.05) is 0 Å². The lowest BCUT2D eigenvalue weighted by atomic mass is 10.1. The topological polar surface area (TPSA) is 41.0 Å². The van der Waals surface area contributed by atoms with Crippen LogP contribution in [0.1, 0.15) is 19.3 Å². The maximum Gasteiger partial charge on any atom is 0.196 e. The molecule has 0 radical (unpaired) electrons. The number of halogens is 3. The molecule has 0 unspecified atom stereocenters. The van der Waals surface area contributed by atoms with Crippen LogP contribution in [-0.2, 0) is 0 Å². The summed E-state index contributed by atoms with van der Waals surface area (Å²) in [5.41, 5.74) is -0.165. The minimum Gasteiger partial charge on any atom is -0.356 e. The Balaban J connectivity index is 1.82. The highest BCUT2D eigenvalue weighted by Crippen LogP contribution is 2.25. The lowest BCUT2D eigenvalue weighted by Gasteiger charge is -2.27. The van der Waals surface area contributed by atoms with Crippen molar-refractivity contribution in [3.8, 4) is 0 Å². The molecule has 2 aromatic rings. The number of benzene rings is 1. The number of anilines is 3. The summed E-state index contributed by atoms with van der Waals surface area (Å²) in [4.78, 5) is 10.3. The number of nitrogens with zero attached hydrogens (tertiary/aromatic N) is 3. The van der Waals surface area contributed by atoms with Crippen LogP contribution in [0.15, 0.2) is 24.5 Å². The zero-order chi connectivity index (χ0) is 15.5. The summed E-state index contributed by atoms with van der Waals surface area (Å²) < 4.78 is 39.8. The molecule has 0 spiro atoms. The molecule has 1 N–H and O–H groups in total. The van der Waals surface area contributed by atoms with E-state index in [2.05, 4.69) is 20.2 Å². The predicted molar refractivity (Wildman–Crippen MR) is 77.7 cm³/mol. The molecule has 2 heterocycles. The number of piperidine rings is 1. The van der Waals surface area contributed by atoms with Crippen molar-refractivity contribution < 1.29 is 13.2 Å². The van der Waals surface area contributed by atoms with Crippen LogP contribution in [0.3, 0.4) is 0 Å². The zero-order valence-electron chi connectivity index (χ0n) is 11.8. The second kappa shape index (κ2) is 6.21. The first-order valence-electron chi connectivity index (χ1n) is 7.12. The summed E-state index contributed by atoms with van der Waals surface area (Å²) in [7, 11) is 0. The number of aromatic nitrogens is 2. The Morgan fingerprint density at radius 2 is 1.73 bits per heavy atom. The van der Waals surface area contributed by atoms with Gasteiger partial charge in [-0.1, -0.05) is 0 Å². The van der Waals surface area contributed by atoms with Gasteiger partial charge in [-0.25, -0.2) is 23.1 Å². The van der Waals surface area contributed by atoms with E-state index in [4.69, 9.17) is 0 Å². The fourth-order valence-corrected chi connectivity index (χ4v) is 2.47. The van der Waals surface area contributed by atoms with Gasteiger partial charge in [0.1, 0.15) is 18.0 Å². The molecule has 1 aromatic heterocycles. The molecule has 0 saturated carbocycles. The first-order chi connectivity index (χ1) is 10.6. The SMILES string of the molecule is Fc1ccc(Nc2cc(N3CCCCC3)ncn2)c(F)c1F. The molecule has 1 aliphatic rings. The summed E-state index contributed by atoms with van der Waals surface area (Å²) in [5.74, 6) is -2.92. The Morgan fingerprint density at radius 3 is 2.50 bits per heavy atom. The summed E-state index contributed by atoms with van der Waals surface area (Å²) in [6.45, 7) is 1.83. The third-order valence-electron chi connectivity index (χ3n) is 3.63. The van der Waals surface area contributed by atoms with E-state index in [9.17, 15) is 13.2 Å². The molecular formula is C15H15F3N4. The Morgan fingerprint density at radius 1 is 0.955 bits per heavy atom. The summed E-state index contributed by atoms with van der Waals surface area (Å²) in [5, 5.41) is 2.66. The van der Waals surface area contributed by atoms with E-state index < -0.39 is 17.5 Å². The maximum absolute atomic E-state index is 13.7. The molecule has 7 heteroatoms. The Labute approximate surface area is 126 Å². The second-order valence-corrected chi connectivity index (χ2v) is 5.16. The van der Waals surface area contributed by atoms with Gasteiger partial charge in [-0.3, -0.25) is 0 Å². The highest BCUT2D eigenvalue weighted by atomic mass is 19.2. The molecule has 1 fully saturated rings. The molecule has 3 rings (SSSR count). The van der Waals surface area contributed by atoms with E-state index in [1.54, 1.807) is 6.07 Å². The van der Waals surface area contributed by atoms with Crippen LogP contribution in [0.2, 0.25) is 0 Å². The molecule has 4 nitrogen and oxygen atoms in total. The predicted octanol–water partition coefficient (Wildman–Crippen LogP) is 3.63. The van der Waals surface area contributed by atoms with Crippen LogP contribution in [0.25, 0.3) is 0 Å². The lowest BCUT2D eigenvalue weighted by molar-refractivity contribution is 0.449. The molecule has 1 aromatic carbocycles. The number of rotatable bonds is 3. The van der Waals surface area contributed by atoms with Crippen molar-refractivity contribution in [1.29, 1.82) is 0 Å². The summed E-state index contributed by atoms with van der Waals surface area (Å²) >= 11 is 0. The van der Waals surface area contributed by atoms with Crippen LogP contribution in [0, 0.1) is 17.5 Å².